The highest BCUT2D eigenvalue weighted by atomic mass is 19.3. The van der Waals surface area contributed by atoms with Crippen molar-refractivity contribution in [2.45, 2.75) is 83.2 Å². The Hall–Kier alpha value is -1.53. The molecule has 4 rings (SSSR count). The average molecular weight is 462 g/mol. The summed E-state index contributed by atoms with van der Waals surface area (Å²) in [7, 11) is 0. The molecule has 0 N–H and O–H groups in total. The number of alkyl halides is 2. The topological polar surface area (TPSA) is 26.8 Å². The minimum Gasteiger partial charge on any atom is -0.343 e. The van der Waals surface area contributed by atoms with Crippen molar-refractivity contribution >= 4 is 5.91 Å². The van der Waals surface area contributed by atoms with Crippen LogP contribution < -0.4 is 0 Å². The Balaban J connectivity index is 1.36. The van der Waals surface area contributed by atoms with E-state index in [9.17, 15) is 4.79 Å². The number of likely N-dealkylation sites (tertiary alicyclic amines) is 1. The Labute approximate surface area is 198 Å². The van der Waals surface area contributed by atoms with Gasteiger partial charge in [-0.3, -0.25) is 14.6 Å². The highest BCUT2D eigenvalue weighted by Crippen LogP contribution is 2.43. The van der Waals surface area contributed by atoms with Crippen LogP contribution in [0, 0.1) is 12.8 Å². The predicted molar refractivity (Wildman–Crippen MR) is 129 cm³/mol. The lowest BCUT2D eigenvalue weighted by Gasteiger charge is -2.47. The second-order valence-corrected chi connectivity index (χ2v) is 10.8. The van der Waals surface area contributed by atoms with E-state index < -0.39 is 11.8 Å². The normalized spacial score (nSPS) is 27.8. The first kappa shape index (κ1) is 24.6. The molecule has 1 unspecified atom stereocenters. The number of hydrogen-bond acceptors (Lipinski definition) is 3. The van der Waals surface area contributed by atoms with Gasteiger partial charge >= 0.3 is 0 Å². The van der Waals surface area contributed by atoms with Crippen LogP contribution in [0.15, 0.2) is 24.3 Å². The van der Waals surface area contributed by atoms with Gasteiger partial charge in [-0.05, 0) is 57.9 Å². The van der Waals surface area contributed by atoms with E-state index in [-0.39, 0.29) is 24.8 Å². The molecule has 3 aliphatic rings. The fraction of sp³-hybridized carbons (Fsp3) is 0.741. The molecule has 1 saturated carbocycles. The highest BCUT2D eigenvalue weighted by molar-refractivity contribution is 5.76. The van der Waals surface area contributed by atoms with E-state index in [4.69, 9.17) is 0 Å². The number of halogens is 2. The number of rotatable bonds is 5. The van der Waals surface area contributed by atoms with Crippen LogP contribution in [0.5, 0.6) is 0 Å². The van der Waals surface area contributed by atoms with Gasteiger partial charge in [0.1, 0.15) is 0 Å². The van der Waals surface area contributed by atoms with Gasteiger partial charge in [0, 0.05) is 70.1 Å². The monoisotopic (exact) mass is 461 g/mol. The lowest BCUT2D eigenvalue weighted by Crippen LogP contribution is -2.58. The molecule has 0 bridgehead atoms. The SMILES string of the molecule is Cc1ccc(C2CCN(C(=O)C[C@@H]3C(N4CCN(C(C)C)CC4)CCCC3(F)F)CC2)cc1. The van der Waals surface area contributed by atoms with Crippen LogP contribution in [0.2, 0.25) is 0 Å². The number of carbonyl (C=O) groups excluding carboxylic acids is 1. The maximum absolute atomic E-state index is 15.1. The van der Waals surface area contributed by atoms with Crippen molar-refractivity contribution in [3.8, 4) is 0 Å². The van der Waals surface area contributed by atoms with E-state index in [1.807, 2.05) is 4.90 Å². The van der Waals surface area contributed by atoms with E-state index in [0.717, 1.165) is 45.4 Å². The summed E-state index contributed by atoms with van der Waals surface area (Å²) in [6, 6.07) is 8.95. The minimum atomic E-state index is -2.76. The van der Waals surface area contributed by atoms with Crippen LogP contribution in [0.4, 0.5) is 8.78 Å². The number of aryl methyl sites for hydroxylation is 1. The molecule has 1 aliphatic carbocycles. The summed E-state index contributed by atoms with van der Waals surface area (Å²) in [5.41, 5.74) is 2.58. The van der Waals surface area contributed by atoms with Gasteiger partial charge in [0.15, 0.2) is 0 Å². The molecule has 2 saturated heterocycles. The predicted octanol–water partition coefficient (Wildman–Crippen LogP) is 4.92. The van der Waals surface area contributed by atoms with E-state index in [1.165, 1.54) is 11.1 Å². The Bertz CT molecular complexity index is 781. The molecule has 1 aromatic carbocycles. The van der Waals surface area contributed by atoms with Crippen molar-refractivity contribution in [2.75, 3.05) is 39.3 Å². The molecule has 2 atom stereocenters. The Morgan fingerprint density at radius 1 is 1.00 bits per heavy atom. The maximum atomic E-state index is 15.1. The fourth-order valence-corrected chi connectivity index (χ4v) is 6.14. The van der Waals surface area contributed by atoms with Gasteiger partial charge in [0.2, 0.25) is 5.91 Å². The summed E-state index contributed by atoms with van der Waals surface area (Å²) >= 11 is 0. The summed E-state index contributed by atoms with van der Waals surface area (Å²) in [6.07, 6.45) is 3.06. The van der Waals surface area contributed by atoms with E-state index in [2.05, 4.69) is 54.8 Å². The van der Waals surface area contributed by atoms with Crippen molar-refractivity contribution in [1.82, 2.24) is 14.7 Å². The number of benzene rings is 1. The summed E-state index contributed by atoms with van der Waals surface area (Å²) in [4.78, 5) is 19.7. The Morgan fingerprint density at radius 2 is 1.64 bits per heavy atom. The van der Waals surface area contributed by atoms with Crippen LogP contribution in [0.1, 0.15) is 69.4 Å². The highest BCUT2D eigenvalue weighted by Gasteiger charge is 2.50. The molecule has 2 aliphatic heterocycles. The number of carbonyl (C=O) groups is 1. The van der Waals surface area contributed by atoms with Crippen molar-refractivity contribution in [3.63, 3.8) is 0 Å². The number of piperazine rings is 1. The smallest absolute Gasteiger partial charge is 0.252 e. The van der Waals surface area contributed by atoms with Gasteiger partial charge < -0.3 is 4.90 Å². The van der Waals surface area contributed by atoms with Gasteiger partial charge in [0.25, 0.3) is 5.92 Å². The zero-order chi connectivity index (χ0) is 23.6. The molecule has 2 heterocycles. The van der Waals surface area contributed by atoms with Gasteiger partial charge in [-0.25, -0.2) is 8.78 Å². The Morgan fingerprint density at radius 3 is 2.24 bits per heavy atom. The van der Waals surface area contributed by atoms with Crippen LogP contribution in [-0.2, 0) is 4.79 Å². The van der Waals surface area contributed by atoms with E-state index >= 15 is 8.78 Å². The zero-order valence-electron chi connectivity index (χ0n) is 20.6. The number of amides is 1. The largest absolute Gasteiger partial charge is 0.343 e. The Kier molecular flexibility index (Phi) is 7.74. The number of piperidine rings is 1. The lowest BCUT2D eigenvalue weighted by atomic mass is 9.77. The van der Waals surface area contributed by atoms with Gasteiger partial charge in [-0.15, -0.1) is 0 Å². The molecule has 3 fully saturated rings. The molecule has 0 radical (unpaired) electrons. The molecule has 184 valence electrons. The first-order valence-corrected chi connectivity index (χ1v) is 12.9. The first-order chi connectivity index (χ1) is 15.7. The summed E-state index contributed by atoms with van der Waals surface area (Å²) < 4.78 is 30.2. The second-order valence-electron chi connectivity index (χ2n) is 10.8. The van der Waals surface area contributed by atoms with E-state index in [1.54, 1.807) is 0 Å². The summed E-state index contributed by atoms with van der Waals surface area (Å²) in [5, 5.41) is 0. The molecule has 1 amide bonds. The molecular formula is C27H41F2N3O. The minimum absolute atomic E-state index is 0.0166. The average Bonchev–Trinajstić information content (AvgIpc) is 2.81. The van der Waals surface area contributed by atoms with Crippen LogP contribution in [0.3, 0.4) is 0 Å². The lowest BCUT2D eigenvalue weighted by molar-refractivity contribution is -0.150. The van der Waals surface area contributed by atoms with Gasteiger partial charge in [-0.2, -0.15) is 0 Å². The third-order valence-electron chi connectivity index (χ3n) is 8.36. The third kappa shape index (κ3) is 5.76. The molecule has 0 aromatic heterocycles. The third-order valence-corrected chi connectivity index (χ3v) is 8.36. The number of nitrogens with zero attached hydrogens (tertiary/aromatic N) is 3. The summed E-state index contributed by atoms with van der Waals surface area (Å²) in [6.45, 7) is 11.3. The number of hydrogen-bond donors (Lipinski definition) is 0. The molecule has 33 heavy (non-hydrogen) atoms. The van der Waals surface area contributed by atoms with Crippen molar-refractivity contribution in [3.05, 3.63) is 35.4 Å². The van der Waals surface area contributed by atoms with Crippen LogP contribution >= 0.6 is 0 Å². The van der Waals surface area contributed by atoms with Crippen molar-refractivity contribution in [1.29, 1.82) is 0 Å². The maximum Gasteiger partial charge on any atom is 0.252 e. The quantitative estimate of drug-likeness (QED) is 0.623. The first-order valence-electron chi connectivity index (χ1n) is 12.9. The van der Waals surface area contributed by atoms with E-state index in [0.29, 0.717) is 31.5 Å². The molecular weight excluding hydrogens is 420 g/mol. The molecule has 0 spiro atoms. The molecule has 4 nitrogen and oxygen atoms in total. The fourth-order valence-electron chi connectivity index (χ4n) is 6.14. The van der Waals surface area contributed by atoms with Gasteiger partial charge in [-0.1, -0.05) is 29.8 Å². The van der Waals surface area contributed by atoms with Crippen LogP contribution in [-0.4, -0.2) is 77.9 Å². The second kappa shape index (κ2) is 10.4. The van der Waals surface area contributed by atoms with Crippen molar-refractivity contribution in [2.24, 2.45) is 5.92 Å². The zero-order valence-corrected chi connectivity index (χ0v) is 20.6. The van der Waals surface area contributed by atoms with Crippen molar-refractivity contribution < 1.29 is 13.6 Å². The summed E-state index contributed by atoms with van der Waals surface area (Å²) in [5.74, 6) is -3.24. The molecule has 1 aromatic rings. The molecule has 6 heteroatoms. The standard InChI is InChI=1S/C27H41F2N3O/c1-20(2)30-15-17-31(18-16-30)25-5-4-12-27(28,29)24(25)19-26(33)32-13-10-23(11-14-32)22-8-6-21(3)7-9-22/h6-9,20,23-25H,4-5,10-19H2,1-3H3/t24-,25?/m1/s1. The van der Waals surface area contributed by atoms with Crippen LogP contribution in [0.25, 0.3) is 0 Å². The van der Waals surface area contributed by atoms with Gasteiger partial charge in [0.05, 0.1) is 0 Å².